The maximum atomic E-state index is 13.7. The van der Waals surface area contributed by atoms with Crippen molar-refractivity contribution in [1.29, 1.82) is 0 Å². The molecule has 2 N–H and O–H groups in total. The summed E-state index contributed by atoms with van der Waals surface area (Å²) in [6.07, 6.45) is 5.28. The fraction of sp³-hybridized carbons (Fsp3) is 0.103. The van der Waals surface area contributed by atoms with Crippen LogP contribution in [-0.2, 0) is 6.54 Å². The van der Waals surface area contributed by atoms with E-state index in [1.165, 1.54) is 12.1 Å². The summed E-state index contributed by atoms with van der Waals surface area (Å²) in [5, 5.41) is 13.8. The molecule has 0 fully saturated rings. The molecule has 0 unspecified atom stereocenters. The van der Waals surface area contributed by atoms with Gasteiger partial charge in [0.2, 0.25) is 0 Å². The van der Waals surface area contributed by atoms with Crippen molar-refractivity contribution in [3.8, 4) is 11.4 Å². The van der Waals surface area contributed by atoms with Gasteiger partial charge in [0, 0.05) is 41.1 Å². The molecular formula is C29H23ClN4O3. The van der Waals surface area contributed by atoms with Gasteiger partial charge in [0.05, 0.1) is 22.7 Å². The molecule has 0 aliphatic carbocycles. The SMILES string of the molecule is C[C@H](NC(=O)c1cc(-c2ncccn2)cc2ccn(Cc3cccc(Cl)c3)c12)c1ccc(C(=O)O)cc1. The Labute approximate surface area is 218 Å². The van der Waals surface area contributed by atoms with Gasteiger partial charge in [0.25, 0.3) is 5.91 Å². The van der Waals surface area contributed by atoms with Gasteiger partial charge in [-0.2, -0.15) is 0 Å². The first-order valence-corrected chi connectivity index (χ1v) is 12.1. The number of aromatic carboxylic acids is 1. The van der Waals surface area contributed by atoms with Crippen molar-refractivity contribution in [3.63, 3.8) is 0 Å². The summed E-state index contributed by atoms with van der Waals surface area (Å²) in [4.78, 5) is 33.6. The van der Waals surface area contributed by atoms with E-state index in [4.69, 9.17) is 16.7 Å². The van der Waals surface area contributed by atoms with Crippen LogP contribution >= 0.6 is 11.6 Å². The second-order valence-electron chi connectivity index (χ2n) is 8.73. The Morgan fingerprint density at radius 1 is 1.00 bits per heavy atom. The number of amides is 1. The minimum atomic E-state index is -0.994. The zero-order valence-corrected chi connectivity index (χ0v) is 20.7. The number of nitrogens with one attached hydrogen (secondary N) is 1. The molecule has 0 spiro atoms. The number of aromatic nitrogens is 3. The lowest BCUT2D eigenvalue weighted by Crippen LogP contribution is -2.27. The molecule has 0 aliphatic heterocycles. The van der Waals surface area contributed by atoms with E-state index in [9.17, 15) is 9.59 Å². The van der Waals surface area contributed by atoms with Crippen molar-refractivity contribution >= 4 is 34.4 Å². The maximum absolute atomic E-state index is 13.7. The first kappa shape index (κ1) is 24.2. The van der Waals surface area contributed by atoms with Crippen LogP contribution in [0.2, 0.25) is 5.02 Å². The highest BCUT2D eigenvalue weighted by molar-refractivity contribution is 6.30. The molecule has 1 atom stereocenters. The fourth-order valence-electron chi connectivity index (χ4n) is 4.34. The van der Waals surface area contributed by atoms with Crippen molar-refractivity contribution in [2.75, 3.05) is 0 Å². The third-order valence-corrected chi connectivity index (χ3v) is 6.41. The first-order valence-electron chi connectivity index (χ1n) is 11.7. The zero-order chi connectivity index (χ0) is 25.9. The summed E-state index contributed by atoms with van der Waals surface area (Å²) in [5.41, 5.74) is 4.01. The number of rotatable bonds is 7. The van der Waals surface area contributed by atoms with E-state index in [1.807, 2.05) is 60.2 Å². The van der Waals surface area contributed by atoms with E-state index in [2.05, 4.69) is 15.3 Å². The highest BCUT2D eigenvalue weighted by Crippen LogP contribution is 2.29. The number of halogens is 1. The Balaban J connectivity index is 1.54. The molecule has 184 valence electrons. The van der Waals surface area contributed by atoms with Gasteiger partial charge in [0.15, 0.2) is 5.82 Å². The molecule has 2 aromatic heterocycles. The molecule has 0 radical (unpaired) electrons. The Hall–Kier alpha value is -4.49. The number of hydrogen-bond acceptors (Lipinski definition) is 4. The summed E-state index contributed by atoms with van der Waals surface area (Å²) in [7, 11) is 0. The summed E-state index contributed by atoms with van der Waals surface area (Å²) in [6.45, 7) is 2.40. The van der Waals surface area contributed by atoms with Crippen molar-refractivity contribution < 1.29 is 14.7 Å². The van der Waals surface area contributed by atoms with E-state index in [-0.39, 0.29) is 17.5 Å². The van der Waals surface area contributed by atoms with E-state index in [0.717, 1.165) is 27.6 Å². The number of hydrogen-bond donors (Lipinski definition) is 2. The minimum absolute atomic E-state index is 0.193. The van der Waals surface area contributed by atoms with Crippen LogP contribution in [0.15, 0.2) is 91.4 Å². The number of nitrogens with zero attached hydrogens (tertiary/aromatic N) is 3. The molecule has 0 saturated heterocycles. The standard InChI is InChI=1S/C29H23ClN4O3/c1-18(20-6-8-21(9-7-20)29(36)37)33-28(35)25-16-23(27-31-11-3-12-32-27)15-22-10-13-34(26(22)25)17-19-4-2-5-24(30)14-19/h2-16,18H,17H2,1H3,(H,33,35)(H,36,37)/t18-/m0/s1. The molecule has 0 bridgehead atoms. The van der Waals surface area contributed by atoms with E-state index < -0.39 is 5.97 Å². The Kier molecular flexibility index (Phi) is 6.70. The van der Waals surface area contributed by atoms with Crippen molar-refractivity contribution in [2.45, 2.75) is 19.5 Å². The molecule has 2 heterocycles. The van der Waals surface area contributed by atoms with E-state index >= 15 is 0 Å². The van der Waals surface area contributed by atoms with Gasteiger partial charge in [-0.1, -0.05) is 35.9 Å². The Bertz CT molecular complexity index is 1600. The molecule has 0 saturated carbocycles. The van der Waals surface area contributed by atoms with Crippen molar-refractivity contribution in [2.24, 2.45) is 0 Å². The third-order valence-electron chi connectivity index (χ3n) is 6.18. The van der Waals surface area contributed by atoms with Gasteiger partial charge >= 0.3 is 5.97 Å². The summed E-state index contributed by atoms with van der Waals surface area (Å²) >= 11 is 6.20. The number of fused-ring (bicyclic) bond motifs is 1. The topological polar surface area (TPSA) is 97.1 Å². The highest BCUT2D eigenvalue weighted by Gasteiger charge is 2.19. The van der Waals surface area contributed by atoms with Crippen LogP contribution in [0.3, 0.4) is 0 Å². The quantitative estimate of drug-likeness (QED) is 0.280. The van der Waals surface area contributed by atoms with Gasteiger partial charge in [-0.15, -0.1) is 0 Å². The zero-order valence-electron chi connectivity index (χ0n) is 19.9. The predicted octanol–water partition coefficient (Wildman–Crippen LogP) is 5.99. The van der Waals surface area contributed by atoms with E-state index in [1.54, 1.807) is 30.6 Å². The normalized spacial score (nSPS) is 11.8. The smallest absolute Gasteiger partial charge is 0.335 e. The molecule has 5 rings (SSSR count). The second kappa shape index (κ2) is 10.2. The third kappa shape index (κ3) is 5.22. The van der Waals surface area contributed by atoms with Crippen LogP contribution in [0.5, 0.6) is 0 Å². The molecule has 7 nitrogen and oxygen atoms in total. The first-order chi connectivity index (χ1) is 17.9. The second-order valence-corrected chi connectivity index (χ2v) is 9.17. The molecule has 8 heteroatoms. The molecule has 1 amide bonds. The van der Waals surface area contributed by atoms with Crippen LogP contribution < -0.4 is 5.32 Å². The summed E-state index contributed by atoms with van der Waals surface area (Å²) < 4.78 is 2.03. The molecule has 5 aromatic rings. The van der Waals surface area contributed by atoms with Crippen LogP contribution in [-0.4, -0.2) is 31.5 Å². The largest absolute Gasteiger partial charge is 0.478 e. The average Bonchev–Trinajstić information content (AvgIpc) is 3.31. The van der Waals surface area contributed by atoms with Gasteiger partial charge < -0.3 is 15.0 Å². The molecule has 3 aromatic carbocycles. The number of carbonyl (C=O) groups excluding carboxylic acids is 1. The molecule has 0 aliphatic rings. The lowest BCUT2D eigenvalue weighted by atomic mass is 10.0. The minimum Gasteiger partial charge on any atom is -0.478 e. The average molecular weight is 511 g/mol. The molecule has 37 heavy (non-hydrogen) atoms. The maximum Gasteiger partial charge on any atom is 0.335 e. The number of carbonyl (C=O) groups is 2. The lowest BCUT2D eigenvalue weighted by molar-refractivity contribution is 0.0696. The van der Waals surface area contributed by atoms with Gasteiger partial charge in [0.1, 0.15) is 0 Å². The van der Waals surface area contributed by atoms with Gasteiger partial charge in [-0.3, -0.25) is 4.79 Å². The number of benzene rings is 3. The fourth-order valence-corrected chi connectivity index (χ4v) is 4.55. The monoisotopic (exact) mass is 510 g/mol. The summed E-state index contributed by atoms with van der Waals surface area (Å²) in [5.74, 6) is -0.729. The van der Waals surface area contributed by atoms with Crippen molar-refractivity contribution in [3.05, 3.63) is 119 Å². The highest BCUT2D eigenvalue weighted by atomic mass is 35.5. The number of carboxylic acid groups (broad SMARTS) is 1. The van der Waals surface area contributed by atoms with Crippen LogP contribution in [0.25, 0.3) is 22.3 Å². The predicted molar refractivity (Wildman–Crippen MR) is 143 cm³/mol. The number of carboxylic acids is 1. The van der Waals surface area contributed by atoms with Gasteiger partial charge in [-0.05, 0) is 66.6 Å². The van der Waals surface area contributed by atoms with Crippen LogP contribution in [0, 0.1) is 0 Å². The van der Waals surface area contributed by atoms with E-state index in [0.29, 0.717) is 23.0 Å². The van der Waals surface area contributed by atoms with Crippen LogP contribution in [0.1, 0.15) is 44.8 Å². The van der Waals surface area contributed by atoms with Crippen molar-refractivity contribution in [1.82, 2.24) is 19.9 Å². The van der Waals surface area contributed by atoms with Crippen LogP contribution in [0.4, 0.5) is 0 Å². The lowest BCUT2D eigenvalue weighted by Gasteiger charge is -2.17. The molecular weight excluding hydrogens is 488 g/mol. The Morgan fingerprint density at radius 3 is 2.46 bits per heavy atom. The van der Waals surface area contributed by atoms with Gasteiger partial charge in [-0.25, -0.2) is 14.8 Å². The Morgan fingerprint density at radius 2 is 1.76 bits per heavy atom. The summed E-state index contributed by atoms with van der Waals surface area (Å²) in [6, 6.07) is 21.3.